The SMILES string of the molecule is CCOC1=N[C@@H](C)C(=O)N(C)C1. The summed E-state index contributed by atoms with van der Waals surface area (Å²) in [4.78, 5) is 17.0. The number of rotatable bonds is 1. The molecule has 0 radical (unpaired) electrons. The summed E-state index contributed by atoms with van der Waals surface area (Å²) in [7, 11) is 1.76. The zero-order chi connectivity index (χ0) is 9.14. The maximum Gasteiger partial charge on any atom is 0.247 e. The first kappa shape index (κ1) is 9.03. The Balaban J connectivity index is 2.67. The summed E-state index contributed by atoms with van der Waals surface area (Å²) in [6.07, 6.45) is 0. The highest BCUT2D eigenvalue weighted by Crippen LogP contribution is 2.05. The molecule has 12 heavy (non-hydrogen) atoms. The highest BCUT2D eigenvalue weighted by atomic mass is 16.5. The molecule has 0 saturated heterocycles. The van der Waals surface area contributed by atoms with Crippen molar-refractivity contribution < 1.29 is 9.53 Å². The molecular weight excluding hydrogens is 156 g/mol. The van der Waals surface area contributed by atoms with Crippen molar-refractivity contribution in [1.29, 1.82) is 0 Å². The lowest BCUT2D eigenvalue weighted by Crippen LogP contribution is -2.43. The average molecular weight is 170 g/mol. The standard InChI is InChI=1S/C8H14N2O2/c1-4-12-7-5-10(3)8(11)6(2)9-7/h6H,4-5H2,1-3H3/t6-/m0/s1. The van der Waals surface area contributed by atoms with Crippen molar-refractivity contribution in [2.24, 2.45) is 4.99 Å². The number of ether oxygens (including phenoxy) is 1. The number of amides is 1. The lowest BCUT2D eigenvalue weighted by molar-refractivity contribution is -0.131. The smallest absolute Gasteiger partial charge is 0.247 e. The lowest BCUT2D eigenvalue weighted by atomic mass is 10.2. The molecule has 0 spiro atoms. The molecule has 0 aromatic rings. The molecule has 0 bridgehead atoms. The van der Waals surface area contributed by atoms with Crippen LogP contribution in [0.15, 0.2) is 4.99 Å². The van der Waals surface area contributed by atoms with Crippen molar-refractivity contribution in [3.8, 4) is 0 Å². The summed E-state index contributed by atoms with van der Waals surface area (Å²) in [5.74, 6) is 0.713. The van der Waals surface area contributed by atoms with Crippen LogP contribution < -0.4 is 0 Å². The first-order valence-electron chi connectivity index (χ1n) is 4.09. The van der Waals surface area contributed by atoms with Gasteiger partial charge >= 0.3 is 0 Å². The van der Waals surface area contributed by atoms with Crippen molar-refractivity contribution in [3.63, 3.8) is 0 Å². The van der Waals surface area contributed by atoms with Crippen LogP contribution in [0.2, 0.25) is 0 Å². The fraction of sp³-hybridized carbons (Fsp3) is 0.750. The Morgan fingerprint density at radius 1 is 1.75 bits per heavy atom. The van der Waals surface area contributed by atoms with Gasteiger partial charge in [0.2, 0.25) is 11.8 Å². The molecule has 0 aromatic carbocycles. The third-order valence-corrected chi connectivity index (χ3v) is 1.75. The highest BCUT2D eigenvalue weighted by Gasteiger charge is 2.24. The van der Waals surface area contributed by atoms with E-state index in [1.165, 1.54) is 0 Å². The van der Waals surface area contributed by atoms with Crippen molar-refractivity contribution in [3.05, 3.63) is 0 Å². The molecule has 0 aromatic heterocycles. The normalized spacial score (nSPS) is 23.9. The van der Waals surface area contributed by atoms with E-state index in [-0.39, 0.29) is 11.9 Å². The number of aliphatic imine (C=N–C) groups is 1. The summed E-state index contributed by atoms with van der Waals surface area (Å²) in [5.41, 5.74) is 0. The van der Waals surface area contributed by atoms with Gasteiger partial charge in [-0.3, -0.25) is 4.79 Å². The van der Waals surface area contributed by atoms with E-state index >= 15 is 0 Å². The van der Waals surface area contributed by atoms with Crippen molar-refractivity contribution in [1.82, 2.24) is 4.90 Å². The number of carbonyl (C=O) groups excluding carboxylic acids is 1. The number of carbonyl (C=O) groups is 1. The molecule has 0 N–H and O–H groups in total. The second-order valence-corrected chi connectivity index (χ2v) is 2.83. The Hall–Kier alpha value is -1.06. The molecule has 1 amide bonds. The predicted molar refractivity (Wildman–Crippen MR) is 46.2 cm³/mol. The summed E-state index contributed by atoms with van der Waals surface area (Å²) in [6, 6.07) is -0.287. The van der Waals surface area contributed by atoms with E-state index in [2.05, 4.69) is 4.99 Å². The second kappa shape index (κ2) is 3.56. The van der Waals surface area contributed by atoms with Crippen molar-refractivity contribution >= 4 is 11.8 Å². The zero-order valence-electron chi connectivity index (χ0n) is 7.70. The number of hydrogen-bond acceptors (Lipinski definition) is 3. The number of nitrogens with zero attached hydrogens (tertiary/aromatic N) is 2. The summed E-state index contributed by atoms with van der Waals surface area (Å²) in [6.45, 7) is 4.78. The largest absolute Gasteiger partial charge is 0.480 e. The third-order valence-electron chi connectivity index (χ3n) is 1.75. The Morgan fingerprint density at radius 2 is 2.42 bits per heavy atom. The van der Waals surface area contributed by atoms with E-state index in [9.17, 15) is 4.79 Å². The Morgan fingerprint density at radius 3 is 2.92 bits per heavy atom. The molecule has 0 unspecified atom stereocenters. The van der Waals surface area contributed by atoms with Crippen LogP contribution >= 0.6 is 0 Å². The molecule has 4 heteroatoms. The molecule has 68 valence electrons. The molecule has 0 aliphatic carbocycles. The molecule has 1 atom stereocenters. The molecule has 0 saturated carbocycles. The summed E-state index contributed by atoms with van der Waals surface area (Å²) in [5, 5.41) is 0. The van der Waals surface area contributed by atoms with Gasteiger partial charge in [0.25, 0.3) is 0 Å². The summed E-state index contributed by atoms with van der Waals surface area (Å²) < 4.78 is 5.23. The van der Waals surface area contributed by atoms with Gasteiger partial charge in [0.15, 0.2) is 0 Å². The van der Waals surface area contributed by atoms with Crippen molar-refractivity contribution in [2.45, 2.75) is 19.9 Å². The van der Waals surface area contributed by atoms with Crippen LogP contribution in [0.1, 0.15) is 13.8 Å². The Kier molecular flexibility index (Phi) is 2.68. The van der Waals surface area contributed by atoms with E-state index in [0.717, 1.165) is 0 Å². The van der Waals surface area contributed by atoms with E-state index < -0.39 is 0 Å². The minimum atomic E-state index is -0.287. The van der Waals surface area contributed by atoms with Gasteiger partial charge in [-0.05, 0) is 13.8 Å². The highest BCUT2D eigenvalue weighted by molar-refractivity contribution is 5.92. The number of likely N-dealkylation sites (N-methyl/N-ethyl adjacent to an activating group) is 1. The van der Waals surface area contributed by atoms with Crippen molar-refractivity contribution in [2.75, 3.05) is 20.2 Å². The summed E-state index contributed by atoms with van der Waals surface area (Å²) >= 11 is 0. The van der Waals surface area contributed by atoms with Gasteiger partial charge in [-0.15, -0.1) is 0 Å². The van der Waals surface area contributed by atoms with Gasteiger partial charge < -0.3 is 9.64 Å². The quantitative estimate of drug-likeness (QED) is 0.567. The molecule has 0 fully saturated rings. The van der Waals surface area contributed by atoms with Crippen LogP contribution in [-0.2, 0) is 9.53 Å². The van der Waals surface area contributed by atoms with E-state index in [1.807, 2.05) is 6.92 Å². The van der Waals surface area contributed by atoms with Crippen LogP contribution in [0.3, 0.4) is 0 Å². The molecule has 1 aliphatic rings. The lowest BCUT2D eigenvalue weighted by Gasteiger charge is -2.25. The van der Waals surface area contributed by atoms with Crippen LogP contribution in [0.4, 0.5) is 0 Å². The molecule has 1 aliphatic heterocycles. The van der Waals surface area contributed by atoms with Gasteiger partial charge in [-0.2, -0.15) is 0 Å². The van der Waals surface area contributed by atoms with E-state index in [0.29, 0.717) is 19.0 Å². The predicted octanol–water partition coefficient (Wildman–Crippen LogP) is 0.282. The van der Waals surface area contributed by atoms with Crippen LogP contribution in [0, 0.1) is 0 Å². The van der Waals surface area contributed by atoms with Gasteiger partial charge in [0.1, 0.15) is 6.04 Å². The molecular formula is C8H14N2O2. The van der Waals surface area contributed by atoms with E-state index in [1.54, 1.807) is 18.9 Å². The van der Waals surface area contributed by atoms with Gasteiger partial charge in [0.05, 0.1) is 13.2 Å². The maximum absolute atomic E-state index is 11.2. The number of hydrogen-bond donors (Lipinski definition) is 0. The van der Waals surface area contributed by atoms with E-state index in [4.69, 9.17) is 4.74 Å². The van der Waals surface area contributed by atoms with Crippen LogP contribution in [0.25, 0.3) is 0 Å². The monoisotopic (exact) mass is 170 g/mol. The first-order valence-corrected chi connectivity index (χ1v) is 4.09. The first-order chi connectivity index (χ1) is 5.65. The minimum Gasteiger partial charge on any atom is -0.480 e. The van der Waals surface area contributed by atoms with Crippen LogP contribution in [0.5, 0.6) is 0 Å². The Bertz CT molecular complexity index is 213. The average Bonchev–Trinajstić information content (AvgIpc) is 2.01. The second-order valence-electron chi connectivity index (χ2n) is 2.83. The molecule has 1 heterocycles. The van der Waals surface area contributed by atoms with Gasteiger partial charge in [-0.1, -0.05) is 0 Å². The molecule has 1 rings (SSSR count). The van der Waals surface area contributed by atoms with Gasteiger partial charge in [0, 0.05) is 7.05 Å². The zero-order valence-corrected chi connectivity index (χ0v) is 7.70. The maximum atomic E-state index is 11.2. The van der Waals surface area contributed by atoms with Crippen LogP contribution in [-0.4, -0.2) is 42.9 Å². The minimum absolute atomic E-state index is 0.0541. The van der Waals surface area contributed by atoms with Gasteiger partial charge in [-0.25, -0.2) is 4.99 Å². The molecule has 4 nitrogen and oxygen atoms in total. The Labute approximate surface area is 72.2 Å². The fourth-order valence-electron chi connectivity index (χ4n) is 1.16. The topological polar surface area (TPSA) is 41.9 Å². The fourth-order valence-corrected chi connectivity index (χ4v) is 1.16. The third kappa shape index (κ3) is 1.75.